The van der Waals surface area contributed by atoms with Crippen LogP contribution in [-0.4, -0.2) is 50.1 Å². The Morgan fingerprint density at radius 3 is 1.51 bits per heavy atom. The van der Waals surface area contributed by atoms with Crippen molar-refractivity contribution in [2.45, 2.75) is 73.4 Å². The molecule has 0 amide bonds. The molecule has 0 saturated heterocycles. The fraction of sp³-hybridized carbons (Fsp3) is 0.571. The van der Waals surface area contributed by atoms with Gasteiger partial charge in [0.15, 0.2) is 0 Å². The molecule has 8 nitrogen and oxygen atoms in total. The third kappa shape index (κ3) is 28.7. The predicted octanol–water partition coefficient (Wildman–Crippen LogP) is 4.63. The summed E-state index contributed by atoms with van der Waals surface area (Å²) in [7, 11) is -0.623. The van der Waals surface area contributed by atoms with Crippen LogP contribution < -0.4 is 35.0 Å². The van der Waals surface area contributed by atoms with Gasteiger partial charge in [-0.1, -0.05) is 67.6 Å². The molecule has 2 aromatic carbocycles. The Morgan fingerprint density at radius 2 is 1.18 bits per heavy atom. The van der Waals surface area contributed by atoms with Gasteiger partial charge in [-0.3, -0.25) is 0 Å². The Bertz CT molecular complexity index is 763. The predicted molar refractivity (Wildman–Crippen MR) is 158 cm³/mol. The fourth-order valence-electron chi connectivity index (χ4n) is 3.08. The van der Waals surface area contributed by atoms with Gasteiger partial charge >= 0.3 is 46.9 Å². The van der Waals surface area contributed by atoms with Crippen molar-refractivity contribution in [2.75, 3.05) is 33.0 Å². The van der Waals surface area contributed by atoms with Crippen molar-refractivity contribution >= 4 is 17.4 Å². The second kappa shape index (κ2) is 33.6. The minimum atomic E-state index is -0.335. The van der Waals surface area contributed by atoms with Crippen LogP contribution in [0.4, 0.5) is 0 Å². The van der Waals surface area contributed by atoms with Crippen LogP contribution in [0.15, 0.2) is 60.7 Å². The third-order valence-electron chi connectivity index (χ3n) is 4.81. The van der Waals surface area contributed by atoms with Gasteiger partial charge in [0.05, 0.1) is 0 Å². The summed E-state index contributed by atoms with van der Waals surface area (Å²) in [4.78, 5) is 0. The maximum Gasteiger partial charge on any atom is 1.00 e. The third-order valence-corrected chi connectivity index (χ3v) is 5.26. The molecule has 11 heteroatoms. The molecule has 1 N–H and O–H groups in total. The number of hydrogen-bond donors (Lipinski definition) is 1. The number of nitrogens with one attached hydrogen (secondary N) is 1. The van der Waals surface area contributed by atoms with Gasteiger partial charge in [0.2, 0.25) is 0 Å². The first-order valence-corrected chi connectivity index (χ1v) is 14.6. The van der Waals surface area contributed by atoms with Crippen LogP contribution in [0, 0.1) is 0 Å². The van der Waals surface area contributed by atoms with E-state index in [1.54, 1.807) is 5.06 Å². The Labute approximate surface area is 263 Å². The number of hydroxylamine groups is 3. The molecule has 39 heavy (non-hydrogen) atoms. The van der Waals surface area contributed by atoms with Crippen molar-refractivity contribution in [1.29, 1.82) is 0 Å². The Balaban J connectivity index is -0.000000236. The summed E-state index contributed by atoms with van der Waals surface area (Å²) >= 11 is 0. The average molecular weight is 595 g/mol. The van der Waals surface area contributed by atoms with Gasteiger partial charge in [-0.15, -0.1) is 0 Å². The zero-order valence-corrected chi connectivity index (χ0v) is 29.0. The summed E-state index contributed by atoms with van der Waals surface area (Å²) in [6.07, 6.45) is 1.75. The molecular formula is C28H49N2NaO6P2. The Kier molecular flexibility index (Phi) is 36.9. The molecule has 0 aliphatic rings. The molecule has 0 heterocycles. The molecule has 2 atom stereocenters. The van der Waals surface area contributed by atoms with Crippen molar-refractivity contribution in [2.24, 2.45) is 0 Å². The second-order valence-electron chi connectivity index (χ2n) is 7.87. The van der Waals surface area contributed by atoms with E-state index in [1.807, 2.05) is 90.1 Å². The first kappa shape index (κ1) is 42.9. The van der Waals surface area contributed by atoms with Crippen LogP contribution >= 0.6 is 17.4 Å². The standard InChI is InChI=1S/C11H16NO2P.C9H12NO2P.2C4H10O.Na.H/c1-3-12(14-15-13)10(2)9-11-7-5-4-6-8-11;1-8(10-12-13-11)7-9-5-3-2-4-6-9;2*1-3-5-4-2;;/h4-8,10H,3,9H2,1-2H3;2-6,8,10H,7H2,1H3;2*3-4H2,1-2H3;;/q;;;;+1;-1/t10-;8-;;;;/m00..../s1. The van der Waals surface area contributed by atoms with Crippen molar-refractivity contribution in [1.82, 2.24) is 10.5 Å². The molecule has 0 fully saturated rings. The van der Waals surface area contributed by atoms with Gasteiger partial charge in [0.25, 0.3) is 0 Å². The van der Waals surface area contributed by atoms with E-state index in [9.17, 15) is 9.13 Å². The summed E-state index contributed by atoms with van der Waals surface area (Å²) in [5.74, 6) is 0. The maximum absolute atomic E-state index is 10.4. The van der Waals surface area contributed by atoms with E-state index in [-0.39, 0.29) is 60.4 Å². The number of benzene rings is 2. The molecule has 0 aromatic heterocycles. The van der Waals surface area contributed by atoms with Crippen molar-refractivity contribution in [3.8, 4) is 0 Å². The largest absolute Gasteiger partial charge is 1.00 e. The van der Waals surface area contributed by atoms with E-state index in [2.05, 4.69) is 29.2 Å². The summed E-state index contributed by atoms with van der Waals surface area (Å²) in [6.45, 7) is 18.1. The SMILES string of the molecule is CCN(OP=O)[C@@H](C)Cc1ccccc1.CCOCC.CCOCC.C[C@@H](Cc1ccccc1)NOP=O.[H-].[Na+]. The van der Waals surface area contributed by atoms with Crippen LogP contribution in [0.3, 0.4) is 0 Å². The van der Waals surface area contributed by atoms with Gasteiger partial charge in [-0.25, -0.2) is 18.4 Å². The van der Waals surface area contributed by atoms with E-state index >= 15 is 0 Å². The van der Waals surface area contributed by atoms with Gasteiger partial charge < -0.3 is 10.9 Å². The number of ether oxygens (including phenoxy) is 2. The molecule has 2 rings (SSSR count). The number of nitrogens with zero attached hydrogens (tertiary/aromatic N) is 1. The zero-order valence-electron chi connectivity index (χ0n) is 26.2. The van der Waals surface area contributed by atoms with E-state index in [0.717, 1.165) is 45.8 Å². The summed E-state index contributed by atoms with van der Waals surface area (Å²) < 4.78 is 39.5. The monoisotopic (exact) mass is 594 g/mol. The van der Waals surface area contributed by atoms with Crippen LogP contribution in [0.25, 0.3) is 0 Å². The van der Waals surface area contributed by atoms with Gasteiger partial charge in [0.1, 0.15) is 0 Å². The van der Waals surface area contributed by atoms with E-state index < -0.39 is 0 Å². The molecule has 2 aromatic rings. The van der Waals surface area contributed by atoms with Crippen LogP contribution in [0.2, 0.25) is 0 Å². The first-order chi connectivity index (χ1) is 18.4. The Morgan fingerprint density at radius 1 is 0.744 bits per heavy atom. The van der Waals surface area contributed by atoms with Crippen LogP contribution in [0.1, 0.15) is 61.0 Å². The summed E-state index contributed by atoms with van der Waals surface area (Å²) in [6, 6.07) is 20.6. The second-order valence-corrected chi connectivity index (χ2v) is 8.51. The normalized spacial score (nSPS) is 11.6. The molecule has 218 valence electrons. The molecule has 0 spiro atoms. The molecule has 0 radical (unpaired) electrons. The topological polar surface area (TPSA) is 86.3 Å². The van der Waals surface area contributed by atoms with Gasteiger partial charge in [-0.2, -0.15) is 10.5 Å². The van der Waals surface area contributed by atoms with Crippen molar-refractivity contribution in [3.05, 3.63) is 71.8 Å². The quantitative estimate of drug-likeness (QED) is 0.182. The van der Waals surface area contributed by atoms with E-state index in [0.29, 0.717) is 0 Å². The Hall–Kier alpha value is -0.600. The molecule has 0 aliphatic carbocycles. The van der Waals surface area contributed by atoms with Crippen molar-refractivity contribution < 1.29 is 58.8 Å². The zero-order chi connectivity index (χ0) is 28.9. The number of likely N-dealkylation sites (N-methyl/N-ethyl adjacent to an activating group) is 1. The maximum atomic E-state index is 10.4. The molecule has 0 unspecified atom stereocenters. The fourth-order valence-corrected chi connectivity index (χ4v) is 3.66. The van der Waals surface area contributed by atoms with Crippen LogP contribution in [-0.2, 0) is 40.7 Å². The smallest absolute Gasteiger partial charge is 1.00 e. The number of rotatable bonds is 15. The van der Waals surface area contributed by atoms with E-state index in [4.69, 9.17) is 14.1 Å². The van der Waals surface area contributed by atoms with Crippen molar-refractivity contribution in [3.63, 3.8) is 0 Å². The van der Waals surface area contributed by atoms with Gasteiger partial charge in [0, 0.05) is 45.1 Å². The van der Waals surface area contributed by atoms with Crippen LogP contribution in [0.5, 0.6) is 0 Å². The van der Waals surface area contributed by atoms with Gasteiger partial charge in [-0.05, 0) is 65.5 Å². The molecular weight excluding hydrogens is 545 g/mol. The minimum absolute atomic E-state index is 0. The number of hydrogen-bond acceptors (Lipinski definition) is 8. The van der Waals surface area contributed by atoms with E-state index in [1.165, 1.54) is 11.1 Å². The summed E-state index contributed by atoms with van der Waals surface area (Å²) in [5, 5.41) is 1.72. The summed E-state index contributed by atoms with van der Waals surface area (Å²) in [5.41, 5.74) is 5.15. The molecule has 0 saturated carbocycles. The minimum Gasteiger partial charge on any atom is -1.00 e. The molecule has 0 bridgehead atoms. The molecule has 0 aliphatic heterocycles. The first-order valence-electron chi connectivity index (χ1n) is 13.2. The average Bonchev–Trinajstić information content (AvgIpc) is 2.93.